The largest absolute Gasteiger partial charge is 0.381 e. The molecule has 0 fully saturated rings. The van der Waals surface area contributed by atoms with E-state index in [4.69, 9.17) is 14.2 Å². The molecule has 0 aromatic heterocycles. The molecule has 0 heterocycles. The standard InChI is InChI=1S/C12H26O3/c1-4-5-7-10-15-11-8-6-9-12(13-2)14-3/h12H,4-11H2,1-3H3. The number of rotatable bonds is 11. The molecule has 0 aliphatic heterocycles. The monoisotopic (exact) mass is 218 g/mol. The SMILES string of the molecule is CCCCCOCCCCC(OC)OC. The highest BCUT2D eigenvalue weighted by Gasteiger charge is 2.03. The van der Waals surface area contributed by atoms with E-state index in [-0.39, 0.29) is 6.29 Å². The van der Waals surface area contributed by atoms with Crippen LogP contribution in [0.2, 0.25) is 0 Å². The van der Waals surface area contributed by atoms with Gasteiger partial charge in [-0.25, -0.2) is 0 Å². The molecule has 92 valence electrons. The number of ether oxygens (including phenoxy) is 3. The first-order valence-corrected chi connectivity index (χ1v) is 5.98. The van der Waals surface area contributed by atoms with E-state index in [0.29, 0.717) is 0 Å². The lowest BCUT2D eigenvalue weighted by Crippen LogP contribution is -2.12. The first-order chi connectivity index (χ1) is 7.35. The second kappa shape index (κ2) is 12.0. The van der Waals surface area contributed by atoms with Crippen molar-refractivity contribution in [1.82, 2.24) is 0 Å². The van der Waals surface area contributed by atoms with Gasteiger partial charge in [-0.05, 0) is 25.7 Å². The zero-order chi connectivity index (χ0) is 11.4. The summed E-state index contributed by atoms with van der Waals surface area (Å²) in [6.07, 6.45) is 6.81. The van der Waals surface area contributed by atoms with Gasteiger partial charge in [0.05, 0.1) is 0 Å². The zero-order valence-corrected chi connectivity index (χ0v) is 10.5. The van der Waals surface area contributed by atoms with Crippen LogP contribution in [0.4, 0.5) is 0 Å². The van der Waals surface area contributed by atoms with E-state index in [1.807, 2.05) is 0 Å². The maximum absolute atomic E-state index is 5.50. The Morgan fingerprint density at radius 3 is 2.00 bits per heavy atom. The van der Waals surface area contributed by atoms with Gasteiger partial charge in [-0.15, -0.1) is 0 Å². The van der Waals surface area contributed by atoms with E-state index in [9.17, 15) is 0 Å². The van der Waals surface area contributed by atoms with Crippen molar-refractivity contribution < 1.29 is 14.2 Å². The van der Waals surface area contributed by atoms with Crippen LogP contribution in [0, 0.1) is 0 Å². The molecule has 3 heteroatoms. The number of methoxy groups -OCH3 is 2. The summed E-state index contributed by atoms with van der Waals surface area (Å²) in [5.41, 5.74) is 0. The van der Waals surface area contributed by atoms with Crippen molar-refractivity contribution in [2.24, 2.45) is 0 Å². The molecule has 0 unspecified atom stereocenters. The second-order valence-corrected chi connectivity index (χ2v) is 3.72. The molecule has 0 amide bonds. The lowest BCUT2D eigenvalue weighted by molar-refractivity contribution is -0.107. The Labute approximate surface area is 94.1 Å². The summed E-state index contributed by atoms with van der Waals surface area (Å²) in [7, 11) is 3.35. The van der Waals surface area contributed by atoms with Crippen LogP contribution in [0.15, 0.2) is 0 Å². The Balaban J connectivity index is 3.04. The van der Waals surface area contributed by atoms with Gasteiger partial charge in [0.25, 0.3) is 0 Å². The third-order valence-corrected chi connectivity index (χ3v) is 2.40. The van der Waals surface area contributed by atoms with Gasteiger partial charge >= 0.3 is 0 Å². The normalized spacial score (nSPS) is 11.2. The van der Waals surface area contributed by atoms with Gasteiger partial charge in [0, 0.05) is 27.4 Å². The molecular formula is C12H26O3. The highest BCUT2D eigenvalue weighted by atomic mass is 16.7. The highest BCUT2D eigenvalue weighted by molar-refractivity contribution is 4.46. The van der Waals surface area contributed by atoms with Crippen LogP contribution >= 0.6 is 0 Å². The van der Waals surface area contributed by atoms with E-state index in [1.54, 1.807) is 14.2 Å². The maximum atomic E-state index is 5.50. The average Bonchev–Trinajstić information content (AvgIpc) is 2.27. The van der Waals surface area contributed by atoms with E-state index in [0.717, 1.165) is 32.5 Å². The van der Waals surface area contributed by atoms with Gasteiger partial charge in [0.1, 0.15) is 0 Å². The summed E-state index contributed by atoms with van der Waals surface area (Å²) >= 11 is 0. The van der Waals surface area contributed by atoms with Gasteiger partial charge in [-0.2, -0.15) is 0 Å². The molecule has 0 saturated carbocycles. The number of hydrogen-bond donors (Lipinski definition) is 0. The summed E-state index contributed by atoms with van der Waals surface area (Å²) < 4.78 is 15.7. The minimum Gasteiger partial charge on any atom is -0.381 e. The van der Waals surface area contributed by atoms with Crippen molar-refractivity contribution in [2.75, 3.05) is 27.4 Å². The molecule has 0 bridgehead atoms. The van der Waals surface area contributed by atoms with Crippen LogP contribution in [0.3, 0.4) is 0 Å². The molecule has 0 spiro atoms. The Hall–Kier alpha value is -0.120. The molecule has 0 N–H and O–H groups in total. The van der Waals surface area contributed by atoms with Crippen molar-refractivity contribution in [2.45, 2.75) is 51.7 Å². The summed E-state index contributed by atoms with van der Waals surface area (Å²) in [5.74, 6) is 0. The third kappa shape index (κ3) is 10.2. The maximum Gasteiger partial charge on any atom is 0.156 e. The zero-order valence-electron chi connectivity index (χ0n) is 10.5. The van der Waals surface area contributed by atoms with Crippen LogP contribution in [0.25, 0.3) is 0 Å². The minimum atomic E-state index is -0.0508. The molecule has 0 radical (unpaired) electrons. The molecule has 0 rings (SSSR count). The first-order valence-electron chi connectivity index (χ1n) is 5.98. The Morgan fingerprint density at radius 2 is 1.47 bits per heavy atom. The minimum absolute atomic E-state index is 0.0508. The van der Waals surface area contributed by atoms with Gasteiger partial charge < -0.3 is 14.2 Å². The van der Waals surface area contributed by atoms with Crippen molar-refractivity contribution in [3.63, 3.8) is 0 Å². The molecule has 0 aliphatic carbocycles. The predicted molar refractivity (Wildman–Crippen MR) is 62.0 cm³/mol. The summed E-state index contributed by atoms with van der Waals surface area (Å²) in [6.45, 7) is 3.98. The Kier molecular flexibility index (Phi) is 11.9. The van der Waals surface area contributed by atoms with Crippen molar-refractivity contribution in [3.8, 4) is 0 Å². The van der Waals surface area contributed by atoms with Crippen molar-refractivity contribution >= 4 is 0 Å². The van der Waals surface area contributed by atoms with Crippen LogP contribution in [-0.4, -0.2) is 33.7 Å². The lowest BCUT2D eigenvalue weighted by atomic mass is 10.2. The molecule has 0 aromatic rings. The van der Waals surface area contributed by atoms with Gasteiger partial charge in [-0.3, -0.25) is 0 Å². The smallest absolute Gasteiger partial charge is 0.156 e. The van der Waals surface area contributed by atoms with Crippen LogP contribution in [-0.2, 0) is 14.2 Å². The fourth-order valence-electron chi connectivity index (χ4n) is 1.40. The molecular weight excluding hydrogens is 192 g/mol. The summed E-state index contributed by atoms with van der Waals surface area (Å²) in [6, 6.07) is 0. The molecule has 0 saturated heterocycles. The van der Waals surface area contributed by atoms with Crippen LogP contribution in [0.5, 0.6) is 0 Å². The summed E-state index contributed by atoms with van der Waals surface area (Å²) in [4.78, 5) is 0. The number of unbranched alkanes of at least 4 members (excludes halogenated alkanes) is 3. The van der Waals surface area contributed by atoms with Gasteiger partial charge in [0.15, 0.2) is 6.29 Å². The molecule has 0 aromatic carbocycles. The molecule has 15 heavy (non-hydrogen) atoms. The van der Waals surface area contributed by atoms with E-state index in [1.165, 1.54) is 19.3 Å². The highest BCUT2D eigenvalue weighted by Crippen LogP contribution is 2.05. The Bertz CT molecular complexity index is 113. The van der Waals surface area contributed by atoms with Gasteiger partial charge in [0.2, 0.25) is 0 Å². The van der Waals surface area contributed by atoms with Crippen molar-refractivity contribution in [1.29, 1.82) is 0 Å². The Morgan fingerprint density at radius 1 is 0.867 bits per heavy atom. The van der Waals surface area contributed by atoms with Crippen LogP contribution in [0.1, 0.15) is 45.4 Å². The fourth-order valence-corrected chi connectivity index (χ4v) is 1.40. The number of hydrogen-bond acceptors (Lipinski definition) is 3. The van der Waals surface area contributed by atoms with Crippen molar-refractivity contribution in [3.05, 3.63) is 0 Å². The summed E-state index contributed by atoms with van der Waals surface area (Å²) in [5, 5.41) is 0. The molecule has 0 atom stereocenters. The van der Waals surface area contributed by atoms with Gasteiger partial charge in [-0.1, -0.05) is 19.8 Å². The second-order valence-electron chi connectivity index (χ2n) is 3.72. The van der Waals surface area contributed by atoms with Crippen LogP contribution < -0.4 is 0 Å². The van der Waals surface area contributed by atoms with E-state index >= 15 is 0 Å². The van der Waals surface area contributed by atoms with E-state index in [2.05, 4.69) is 6.92 Å². The topological polar surface area (TPSA) is 27.7 Å². The average molecular weight is 218 g/mol. The molecule has 0 aliphatic rings. The first kappa shape index (κ1) is 14.9. The quantitative estimate of drug-likeness (QED) is 0.394. The lowest BCUT2D eigenvalue weighted by Gasteiger charge is -2.12. The van der Waals surface area contributed by atoms with E-state index < -0.39 is 0 Å². The third-order valence-electron chi connectivity index (χ3n) is 2.40. The molecule has 3 nitrogen and oxygen atoms in total. The predicted octanol–water partition coefficient (Wildman–Crippen LogP) is 2.98. The fraction of sp³-hybridized carbons (Fsp3) is 1.00.